The van der Waals surface area contributed by atoms with Crippen LogP contribution in [0.1, 0.15) is 50.0 Å². The van der Waals surface area contributed by atoms with Gasteiger partial charge < -0.3 is 14.8 Å². The van der Waals surface area contributed by atoms with Crippen LogP contribution >= 0.6 is 0 Å². The number of aryl methyl sites for hydroxylation is 2. The molecule has 3 N–H and O–H groups in total. The molecule has 2 amide bonds. The highest BCUT2D eigenvalue weighted by molar-refractivity contribution is 5.96. The summed E-state index contributed by atoms with van der Waals surface area (Å²) in [5, 5.41) is 23.7. The molecule has 0 aromatic carbocycles. The number of H-pyrrole nitrogens is 2. The van der Waals surface area contributed by atoms with Crippen molar-refractivity contribution < 1.29 is 9.59 Å². The molecule has 152 valence electrons. The van der Waals surface area contributed by atoms with Crippen LogP contribution in [0, 0.1) is 6.92 Å². The van der Waals surface area contributed by atoms with Crippen molar-refractivity contribution >= 4 is 11.8 Å². The summed E-state index contributed by atoms with van der Waals surface area (Å²) >= 11 is 0. The number of rotatable bonds is 6. The Morgan fingerprint density at radius 3 is 2.90 bits per heavy atom. The van der Waals surface area contributed by atoms with Crippen LogP contribution < -0.4 is 5.32 Å². The maximum Gasteiger partial charge on any atom is 0.272 e. The van der Waals surface area contributed by atoms with Crippen LogP contribution in [0.15, 0.2) is 12.3 Å². The number of nitrogens with one attached hydrogen (secondary N) is 3. The summed E-state index contributed by atoms with van der Waals surface area (Å²) in [5.74, 6) is 0.403. The third kappa shape index (κ3) is 3.75. The molecule has 0 bridgehead atoms. The lowest BCUT2D eigenvalue weighted by Gasteiger charge is -2.27. The average Bonchev–Trinajstić information content (AvgIpc) is 3.45. The Morgan fingerprint density at radius 2 is 2.17 bits per heavy atom. The molecule has 0 saturated carbocycles. The van der Waals surface area contributed by atoms with Crippen molar-refractivity contribution in [2.75, 3.05) is 13.1 Å². The number of aromatic nitrogens is 7. The second kappa shape index (κ2) is 7.86. The van der Waals surface area contributed by atoms with Gasteiger partial charge in [0.2, 0.25) is 0 Å². The molecule has 3 aromatic rings. The highest BCUT2D eigenvalue weighted by atomic mass is 16.2. The first-order chi connectivity index (χ1) is 14.0. The maximum absolute atomic E-state index is 12.8. The van der Waals surface area contributed by atoms with Gasteiger partial charge >= 0.3 is 0 Å². The van der Waals surface area contributed by atoms with Crippen LogP contribution in [0.3, 0.4) is 0 Å². The highest BCUT2D eigenvalue weighted by Crippen LogP contribution is 2.22. The Hall–Kier alpha value is -3.50. The van der Waals surface area contributed by atoms with Crippen LogP contribution in [0.4, 0.5) is 0 Å². The minimum absolute atomic E-state index is 0.00387. The molecule has 0 fully saturated rings. The van der Waals surface area contributed by atoms with Crippen LogP contribution in [-0.4, -0.2) is 65.2 Å². The average molecular weight is 397 g/mol. The van der Waals surface area contributed by atoms with Crippen molar-refractivity contribution in [1.29, 1.82) is 0 Å². The number of nitrogens with zero attached hydrogens (tertiary/aromatic N) is 6. The number of fused-ring (bicyclic) bond motifs is 1. The van der Waals surface area contributed by atoms with E-state index in [0.717, 1.165) is 17.0 Å². The van der Waals surface area contributed by atoms with Crippen molar-refractivity contribution in [2.24, 2.45) is 7.05 Å². The Labute approximate surface area is 166 Å². The van der Waals surface area contributed by atoms with Gasteiger partial charge in [0, 0.05) is 44.0 Å². The molecule has 0 atom stereocenters. The predicted molar refractivity (Wildman–Crippen MR) is 102 cm³/mol. The Morgan fingerprint density at radius 1 is 1.31 bits per heavy atom. The van der Waals surface area contributed by atoms with Crippen molar-refractivity contribution in [2.45, 2.75) is 32.7 Å². The van der Waals surface area contributed by atoms with Gasteiger partial charge in [-0.15, -0.1) is 10.2 Å². The minimum atomic E-state index is -0.214. The number of aromatic amines is 2. The zero-order valence-corrected chi connectivity index (χ0v) is 16.4. The second-order valence-corrected chi connectivity index (χ2v) is 7.12. The predicted octanol–water partition coefficient (Wildman–Crippen LogP) is 0.131. The highest BCUT2D eigenvalue weighted by Gasteiger charge is 2.28. The lowest BCUT2D eigenvalue weighted by Crippen LogP contribution is -2.36. The van der Waals surface area contributed by atoms with E-state index in [-0.39, 0.29) is 11.8 Å². The number of tetrazole rings is 1. The quantitative estimate of drug-likeness (QED) is 0.506. The Bertz CT molecular complexity index is 1020. The maximum atomic E-state index is 12.8. The third-order valence-electron chi connectivity index (χ3n) is 5.30. The van der Waals surface area contributed by atoms with Crippen LogP contribution in [-0.2, 0) is 26.4 Å². The third-order valence-corrected chi connectivity index (χ3v) is 5.30. The first kappa shape index (κ1) is 18.8. The molecule has 4 rings (SSSR count). The van der Waals surface area contributed by atoms with E-state index in [1.807, 2.05) is 30.8 Å². The smallest absolute Gasteiger partial charge is 0.272 e. The zero-order valence-electron chi connectivity index (χ0n) is 16.4. The van der Waals surface area contributed by atoms with Gasteiger partial charge in [-0.2, -0.15) is 10.3 Å². The van der Waals surface area contributed by atoms with Gasteiger partial charge in [0.1, 0.15) is 0 Å². The molecule has 3 aromatic heterocycles. The van der Waals surface area contributed by atoms with Gasteiger partial charge in [-0.3, -0.25) is 14.7 Å². The summed E-state index contributed by atoms with van der Waals surface area (Å²) in [5.41, 5.74) is 3.74. The number of hydrogen-bond acceptors (Lipinski definition) is 6. The number of hydrogen-bond donors (Lipinski definition) is 3. The monoisotopic (exact) mass is 397 g/mol. The topological polar surface area (TPSA) is 137 Å². The van der Waals surface area contributed by atoms with Gasteiger partial charge in [-0.1, -0.05) is 5.21 Å². The summed E-state index contributed by atoms with van der Waals surface area (Å²) in [4.78, 5) is 27.1. The molecule has 0 unspecified atom stereocenters. The van der Waals surface area contributed by atoms with E-state index < -0.39 is 0 Å². The van der Waals surface area contributed by atoms with E-state index in [0.29, 0.717) is 56.0 Å². The summed E-state index contributed by atoms with van der Waals surface area (Å²) in [7, 11) is 1.92. The largest absolute Gasteiger partial charge is 0.354 e. The molecule has 0 spiro atoms. The van der Waals surface area contributed by atoms with Crippen molar-refractivity contribution in [3.05, 3.63) is 46.3 Å². The summed E-state index contributed by atoms with van der Waals surface area (Å²) in [6.07, 6.45) is 3.81. The number of carbonyl (C=O) groups is 2. The molecular weight excluding hydrogens is 374 g/mol. The first-order valence-electron chi connectivity index (χ1n) is 9.52. The molecule has 1 aliphatic heterocycles. The first-order valence-corrected chi connectivity index (χ1v) is 9.52. The van der Waals surface area contributed by atoms with Gasteiger partial charge in [0.05, 0.1) is 17.8 Å². The van der Waals surface area contributed by atoms with Crippen molar-refractivity contribution in [3.63, 3.8) is 0 Å². The van der Waals surface area contributed by atoms with Gasteiger partial charge in [0.15, 0.2) is 11.5 Å². The van der Waals surface area contributed by atoms with E-state index >= 15 is 0 Å². The molecule has 0 saturated heterocycles. The van der Waals surface area contributed by atoms with Crippen LogP contribution in [0.2, 0.25) is 0 Å². The molecule has 11 nitrogen and oxygen atoms in total. The van der Waals surface area contributed by atoms with Crippen molar-refractivity contribution in [3.8, 4) is 0 Å². The number of amides is 2. The van der Waals surface area contributed by atoms with E-state index in [2.05, 4.69) is 36.1 Å². The molecule has 11 heteroatoms. The van der Waals surface area contributed by atoms with E-state index in [1.54, 1.807) is 4.90 Å². The zero-order chi connectivity index (χ0) is 20.4. The Kier molecular flexibility index (Phi) is 5.10. The minimum Gasteiger partial charge on any atom is -0.354 e. The lowest BCUT2D eigenvalue weighted by atomic mass is 10.0. The summed E-state index contributed by atoms with van der Waals surface area (Å²) in [6.45, 7) is 3.39. The lowest BCUT2D eigenvalue weighted by molar-refractivity contribution is 0.0731. The van der Waals surface area contributed by atoms with Crippen molar-refractivity contribution in [1.82, 2.24) is 45.6 Å². The normalized spacial score (nSPS) is 13.4. The Balaban J connectivity index is 1.35. The molecule has 1 aliphatic rings. The molecule has 0 radical (unpaired) electrons. The fourth-order valence-electron chi connectivity index (χ4n) is 3.50. The van der Waals surface area contributed by atoms with Gasteiger partial charge in [-0.25, -0.2) is 0 Å². The van der Waals surface area contributed by atoms with Gasteiger partial charge in [0.25, 0.3) is 11.8 Å². The summed E-state index contributed by atoms with van der Waals surface area (Å²) < 4.78 is 1.93. The van der Waals surface area contributed by atoms with Crippen LogP contribution in [0.25, 0.3) is 0 Å². The molecule has 0 aliphatic carbocycles. The summed E-state index contributed by atoms with van der Waals surface area (Å²) in [6, 6.07) is 1.84. The fourth-order valence-corrected chi connectivity index (χ4v) is 3.50. The fraction of sp³-hybridized carbons (Fsp3) is 0.444. The standard InChI is InChI=1S/C18H23N9O2/c1-11-12(5-8-26(11)2)18(29)27-9-6-13-14(10-27)20-23-16(13)17(28)19-7-3-4-15-21-24-25-22-15/h5,8H,3-4,6-7,9-10H2,1-2H3,(H,19,28)(H,20,23)(H,21,22,24,25). The molecule has 4 heterocycles. The SMILES string of the molecule is Cc1c(C(=O)N2CCc3c(C(=O)NCCCc4nn[nH]n4)n[nH]c3C2)ccn1C. The van der Waals surface area contributed by atoms with E-state index in [9.17, 15) is 9.59 Å². The van der Waals surface area contributed by atoms with Crippen LogP contribution in [0.5, 0.6) is 0 Å². The second-order valence-electron chi connectivity index (χ2n) is 7.12. The number of carbonyl (C=O) groups excluding carboxylic acids is 2. The van der Waals surface area contributed by atoms with Gasteiger partial charge in [-0.05, 0) is 25.8 Å². The van der Waals surface area contributed by atoms with E-state index in [4.69, 9.17) is 0 Å². The van der Waals surface area contributed by atoms with E-state index in [1.165, 1.54) is 0 Å². The molecule has 29 heavy (non-hydrogen) atoms. The molecular formula is C18H23N9O2.